The molecule has 0 saturated carbocycles. The number of rotatable bonds is 8. The summed E-state index contributed by atoms with van der Waals surface area (Å²) in [6, 6.07) is 103. The van der Waals surface area contributed by atoms with Crippen molar-refractivity contribution in [2.75, 3.05) is 0 Å². The Bertz CT molecular complexity index is 6040. The lowest BCUT2D eigenvalue weighted by Crippen LogP contribution is -1.96. The summed E-state index contributed by atoms with van der Waals surface area (Å²) >= 11 is 3.53. The van der Waals surface area contributed by atoms with Gasteiger partial charge in [-0.2, -0.15) is 0 Å². The first-order chi connectivity index (χ1) is 44.1. The van der Waals surface area contributed by atoms with Crippen molar-refractivity contribution in [1.29, 1.82) is 0 Å². The summed E-state index contributed by atoms with van der Waals surface area (Å²) in [6.45, 7) is 0. The Kier molecular flexibility index (Phi) is 11.0. The number of hydrogen-bond acceptors (Lipinski definition) is 6. The van der Waals surface area contributed by atoms with Crippen LogP contribution in [-0.2, 0) is 0 Å². The molecule has 89 heavy (non-hydrogen) atoms. The van der Waals surface area contributed by atoms with E-state index in [-0.39, 0.29) is 0 Å². The van der Waals surface area contributed by atoms with E-state index in [9.17, 15) is 0 Å². The third-order valence-corrected chi connectivity index (χ3v) is 20.2. The van der Waals surface area contributed by atoms with Crippen LogP contribution in [0.2, 0.25) is 0 Å². The van der Waals surface area contributed by atoms with Gasteiger partial charge in [-0.3, -0.25) is 0 Å². The fraction of sp³-hybridized carbons (Fsp3) is 0. The number of hydrogen-bond donors (Lipinski definition) is 0. The predicted octanol–water partition coefficient (Wildman–Crippen LogP) is 21.6. The maximum Gasteiger partial charge on any atom is 0.160 e. The van der Waals surface area contributed by atoms with E-state index >= 15 is 0 Å². The van der Waals surface area contributed by atoms with Gasteiger partial charge < -0.3 is 13.7 Å². The van der Waals surface area contributed by atoms with Gasteiger partial charge in [0.1, 0.15) is 0 Å². The second kappa shape index (κ2) is 19.6. The molecule has 0 saturated heterocycles. The molecule has 414 valence electrons. The van der Waals surface area contributed by atoms with Crippen LogP contribution in [0, 0.1) is 0 Å². The van der Waals surface area contributed by atoms with Crippen LogP contribution in [0.3, 0.4) is 0 Å². The minimum Gasteiger partial charge on any atom is -0.309 e. The third kappa shape index (κ3) is 7.69. The number of nitrogens with zero attached hydrogens (tertiary/aromatic N) is 7. The van der Waals surface area contributed by atoms with Gasteiger partial charge in [0, 0.05) is 91.8 Å². The number of benzene rings is 12. The van der Waals surface area contributed by atoms with E-state index in [1.807, 2.05) is 0 Å². The lowest BCUT2D eigenvalue weighted by molar-refractivity contribution is 1.17. The summed E-state index contributed by atoms with van der Waals surface area (Å²) in [5, 5.41) is 9.46. The fourth-order valence-corrected chi connectivity index (χ4v) is 16.2. The third-order valence-electron chi connectivity index (χ3n) is 17.9. The van der Waals surface area contributed by atoms with Crippen molar-refractivity contribution >= 4 is 129 Å². The predicted molar refractivity (Wildman–Crippen MR) is 374 cm³/mol. The highest BCUT2D eigenvalue weighted by Crippen LogP contribution is 2.46. The summed E-state index contributed by atoms with van der Waals surface area (Å²) in [6.07, 6.45) is 0. The average Bonchev–Trinajstić information content (AvgIpc) is 1.88. The molecule has 0 aliphatic carbocycles. The minimum absolute atomic E-state index is 0.688. The maximum atomic E-state index is 5.60. The Balaban J connectivity index is 0.753. The zero-order valence-electron chi connectivity index (χ0n) is 47.6. The SMILES string of the molecule is c1ccc(-c2nc(-c3ccc(-n4c5ccccc5c5c(-c6ccc7c(c6)sc6c(-c8ccc(-n9c%10ccccc%10c%10ccccc%109)cc8)nc(-c8ccc9c(c8)c8ccccc8n9-c8ccccc8)nc67)cccc54)cc3)nc3c2sc2ccccc23)cc1. The summed E-state index contributed by atoms with van der Waals surface area (Å²) in [5.74, 6) is 1.40. The van der Waals surface area contributed by atoms with Gasteiger partial charge in [0.05, 0.1) is 64.9 Å². The van der Waals surface area contributed by atoms with Crippen LogP contribution in [0.5, 0.6) is 0 Å². The quantitative estimate of drug-likeness (QED) is 0.152. The highest BCUT2D eigenvalue weighted by Gasteiger charge is 2.23. The van der Waals surface area contributed by atoms with Gasteiger partial charge in [-0.05, 0) is 120 Å². The first kappa shape index (κ1) is 49.9. The summed E-state index contributed by atoms with van der Waals surface area (Å²) in [4.78, 5) is 21.7. The molecule has 0 unspecified atom stereocenters. The highest BCUT2D eigenvalue weighted by atomic mass is 32.1. The Labute approximate surface area is 517 Å². The van der Waals surface area contributed by atoms with Gasteiger partial charge in [-0.1, -0.05) is 176 Å². The molecule has 19 rings (SSSR count). The number of fused-ring (bicyclic) bond motifs is 15. The van der Waals surface area contributed by atoms with Crippen LogP contribution < -0.4 is 0 Å². The number of thiophene rings is 2. The summed E-state index contributed by atoms with van der Waals surface area (Å²) < 4.78 is 11.6. The van der Waals surface area contributed by atoms with Crippen molar-refractivity contribution in [2.45, 2.75) is 0 Å². The molecule has 7 aromatic heterocycles. The molecule has 12 aromatic carbocycles. The molecule has 0 aliphatic heterocycles. The molecular formula is C80H47N7S2. The monoisotopic (exact) mass is 1170 g/mol. The lowest BCUT2D eigenvalue weighted by atomic mass is 9.98. The second-order valence-electron chi connectivity index (χ2n) is 22.9. The molecule has 0 N–H and O–H groups in total. The largest absolute Gasteiger partial charge is 0.309 e. The van der Waals surface area contributed by atoms with Crippen molar-refractivity contribution < 1.29 is 0 Å². The number of para-hydroxylation sites is 5. The Morgan fingerprint density at radius 3 is 1.31 bits per heavy atom. The van der Waals surface area contributed by atoms with Crippen LogP contribution in [-0.4, -0.2) is 33.6 Å². The first-order valence-electron chi connectivity index (χ1n) is 29.9. The first-order valence-corrected chi connectivity index (χ1v) is 31.6. The molecule has 7 nitrogen and oxygen atoms in total. The van der Waals surface area contributed by atoms with E-state index in [4.69, 9.17) is 19.9 Å². The van der Waals surface area contributed by atoms with E-state index < -0.39 is 0 Å². The van der Waals surface area contributed by atoms with Crippen LogP contribution >= 0.6 is 22.7 Å². The topological polar surface area (TPSA) is 66.3 Å². The molecule has 0 spiro atoms. The van der Waals surface area contributed by atoms with Crippen molar-refractivity contribution in [3.8, 4) is 73.5 Å². The van der Waals surface area contributed by atoms with Crippen LogP contribution in [0.15, 0.2) is 285 Å². The van der Waals surface area contributed by atoms with Gasteiger partial charge in [0.2, 0.25) is 0 Å². The molecule has 7 heterocycles. The number of aromatic nitrogens is 7. The van der Waals surface area contributed by atoms with Crippen LogP contribution in [0.1, 0.15) is 0 Å². The Morgan fingerprint density at radius 1 is 0.247 bits per heavy atom. The zero-order valence-corrected chi connectivity index (χ0v) is 49.2. The van der Waals surface area contributed by atoms with Crippen molar-refractivity contribution in [2.24, 2.45) is 0 Å². The van der Waals surface area contributed by atoms with Gasteiger partial charge in [0.15, 0.2) is 11.6 Å². The Hall–Kier alpha value is -11.4. The fourth-order valence-electron chi connectivity index (χ4n) is 13.9. The molecule has 0 radical (unpaired) electrons. The molecule has 0 bridgehead atoms. The normalized spacial score (nSPS) is 12.0. The summed E-state index contributed by atoms with van der Waals surface area (Å²) in [5.41, 5.74) is 20.3. The van der Waals surface area contributed by atoms with Crippen LogP contribution in [0.25, 0.3) is 180 Å². The van der Waals surface area contributed by atoms with E-state index in [0.29, 0.717) is 11.6 Å². The highest BCUT2D eigenvalue weighted by molar-refractivity contribution is 7.26. The molecule has 0 fully saturated rings. The smallest absolute Gasteiger partial charge is 0.160 e. The van der Waals surface area contributed by atoms with Gasteiger partial charge in [-0.25, -0.2) is 19.9 Å². The van der Waals surface area contributed by atoms with Crippen molar-refractivity contribution in [3.05, 3.63) is 285 Å². The molecular weight excluding hydrogens is 1120 g/mol. The van der Waals surface area contributed by atoms with E-state index in [1.165, 1.54) is 48.2 Å². The maximum absolute atomic E-state index is 5.60. The van der Waals surface area contributed by atoms with Gasteiger partial charge in [0.25, 0.3) is 0 Å². The average molecular weight is 1170 g/mol. The van der Waals surface area contributed by atoms with E-state index in [1.54, 1.807) is 22.7 Å². The molecule has 19 aromatic rings. The molecule has 9 heteroatoms. The Morgan fingerprint density at radius 2 is 0.674 bits per heavy atom. The van der Waals surface area contributed by atoms with Gasteiger partial charge >= 0.3 is 0 Å². The van der Waals surface area contributed by atoms with Crippen molar-refractivity contribution in [1.82, 2.24) is 33.6 Å². The zero-order chi connectivity index (χ0) is 58.3. The van der Waals surface area contributed by atoms with Crippen molar-refractivity contribution in [3.63, 3.8) is 0 Å². The van der Waals surface area contributed by atoms with E-state index in [2.05, 4.69) is 299 Å². The van der Waals surface area contributed by atoms with Gasteiger partial charge in [-0.15, -0.1) is 22.7 Å². The second-order valence-corrected chi connectivity index (χ2v) is 25.0. The summed E-state index contributed by atoms with van der Waals surface area (Å²) in [7, 11) is 0. The molecule has 0 amide bonds. The standard InChI is InChI=1S/C80H47N7S2/c1-3-18-48(19-4-1)73-77-75(61-26-11-16-33-70(61)88-77)83-79(81-73)50-36-42-55(43-37-50)87-67-31-15-10-25-60(67)72-56(27-17-32-69(72)87)51-38-44-62-71(47-51)89-78-74(49-34-40-54(41-35-49)86-64-28-12-7-22-57(64)58-23-8-13-29-65(58)86)82-80(84-76(62)78)52-39-45-68-63(46-52)59-24-9-14-30-66(59)85(68)53-20-5-2-6-21-53/h1-47H. The molecule has 0 aliphatic rings. The minimum atomic E-state index is 0.688. The van der Waals surface area contributed by atoms with E-state index in [0.717, 1.165) is 120 Å². The lowest BCUT2D eigenvalue weighted by Gasteiger charge is -2.11. The molecule has 0 atom stereocenters. The van der Waals surface area contributed by atoms with Crippen LogP contribution in [0.4, 0.5) is 0 Å².